The fourth-order valence-corrected chi connectivity index (χ4v) is 2.30. The van der Waals surface area contributed by atoms with Gasteiger partial charge in [0.1, 0.15) is 0 Å². The summed E-state index contributed by atoms with van der Waals surface area (Å²) in [7, 11) is 0. The van der Waals surface area contributed by atoms with Crippen LogP contribution < -0.4 is 0 Å². The summed E-state index contributed by atoms with van der Waals surface area (Å²) < 4.78 is 40.2. The second-order valence-electron chi connectivity index (χ2n) is 4.09. The number of carbonyl (C=O) groups excluding carboxylic acids is 1. The maximum absolute atomic E-state index is 11.8. The summed E-state index contributed by atoms with van der Waals surface area (Å²) in [5.74, 6) is 1.63. The monoisotopic (exact) mass is 286 g/mol. The van der Waals surface area contributed by atoms with Crippen LogP contribution in [0.3, 0.4) is 0 Å². The summed E-state index contributed by atoms with van der Waals surface area (Å²) >= 11 is 1.75. The lowest BCUT2D eigenvalue weighted by molar-refractivity contribution is -0.141. The van der Waals surface area contributed by atoms with Crippen LogP contribution in [0.1, 0.15) is 45.4 Å². The standard InChI is InChI=1S/C12H21F3O2S/c1-11(16)17-8-6-10-18-9-5-3-2-4-7-12(13,14)15/h2-10H2,1H3. The molecule has 0 heterocycles. The first kappa shape index (κ1) is 17.6. The van der Waals surface area contributed by atoms with Crippen LogP contribution in [0.15, 0.2) is 0 Å². The SMILES string of the molecule is CC(=O)OCCCSCCCCCCC(F)(F)F. The largest absolute Gasteiger partial charge is 0.466 e. The fourth-order valence-electron chi connectivity index (χ4n) is 1.36. The minimum Gasteiger partial charge on any atom is -0.466 e. The van der Waals surface area contributed by atoms with E-state index < -0.39 is 12.6 Å². The van der Waals surface area contributed by atoms with Crippen molar-refractivity contribution in [2.45, 2.75) is 51.6 Å². The maximum atomic E-state index is 11.8. The zero-order valence-electron chi connectivity index (χ0n) is 10.7. The second-order valence-corrected chi connectivity index (χ2v) is 5.31. The number of hydrogen-bond acceptors (Lipinski definition) is 3. The second kappa shape index (κ2) is 10.5. The molecule has 0 aromatic carbocycles. The number of esters is 1. The highest BCUT2D eigenvalue weighted by molar-refractivity contribution is 7.99. The first-order chi connectivity index (χ1) is 8.42. The number of hydrogen-bond donors (Lipinski definition) is 0. The number of alkyl halides is 3. The van der Waals surface area contributed by atoms with Crippen molar-refractivity contribution in [2.24, 2.45) is 0 Å². The van der Waals surface area contributed by atoms with Gasteiger partial charge < -0.3 is 4.74 Å². The molecule has 2 nitrogen and oxygen atoms in total. The third kappa shape index (κ3) is 15.6. The zero-order chi connectivity index (χ0) is 13.9. The zero-order valence-corrected chi connectivity index (χ0v) is 11.5. The molecule has 0 aromatic rings. The Bertz CT molecular complexity index is 220. The molecule has 0 unspecified atom stereocenters. The number of halogens is 3. The van der Waals surface area contributed by atoms with Gasteiger partial charge in [0.15, 0.2) is 0 Å². The summed E-state index contributed by atoms with van der Waals surface area (Å²) in [4.78, 5) is 10.4. The third-order valence-electron chi connectivity index (χ3n) is 2.24. The molecule has 0 N–H and O–H groups in total. The average molecular weight is 286 g/mol. The molecule has 0 saturated carbocycles. The van der Waals surface area contributed by atoms with E-state index in [0.717, 1.165) is 30.8 Å². The van der Waals surface area contributed by atoms with E-state index >= 15 is 0 Å². The highest BCUT2D eigenvalue weighted by Crippen LogP contribution is 2.23. The van der Waals surface area contributed by atoms with Gasteiger partial charge >= 0.3 is 12.1 Å². The van der Waals surface area contributed by atoms with Gasteiger partial charge in [0.25, 0.3) is 0 Å². The van der Waals surface area contributed by atoms with Crippen LogP contribution in [0, 0.1) is 0 Å². The van der Waals surface area contributed by atoms with E-state index in [9.17, 15) is 18.0 Å². The lowest BCUT2D eigenvalue weighted by Crippen LogP contribution is -2.06. The van der Waals surface area contributed by atoms with Crippen molar-refractivity contribution in [3.63, 3.8) is 0 Å². The van der Waals surface area contributed by atoms with E-state index in [1.54, 1.807) is 11.8 Å². The molecule has 6 heteroatoms. The molecular weight excluding hydrogens is 265 g/mol. The van der Waals surface area contributed by atoms with Crippen LogP contribution >= 0.6 is 11.8 Å². The van der Waals surface area contributed by atoms with Crippen molar-refractivity contribution >= 4 is 17.7 Å². The van der Waals surface area contributed by atoms with E-state index in [-0.39, 0.29) is 12.4 Å². The Labute approximate surface area is 111 Å². The van der Waals surface area contributed by atoms with Gasteiger partial charge in [0.2, 0.25) is 0 Å². The van der Waals surface area contributed by atoms with Gasteiger partial charge in [0.05, 0.1) is 6.61 Å². The number of carbonyl (C=O) groups is 1. The van der Waals surface area contributed by atoms with E-state index in [4.69, 9.17) is 4.74 Å². The van der Waals surface area contributed by atoms with Crippen LogP contribution in [0.5, 0.6) is 0 Å². The minimum atomic E-state index is -4.01. The van der Waals surface area contributed by atoms with Gasteiger partial charge in [0, 0.05) is 13.3 Å². The molecule has 0 atom stereocenters. The predicted molar refractivity (Wildman–Crippen MR) is 67.7 cm³/mol. The smallest absolute Gasteiger partial charge is 0.389 e. The van der Waals surface area contributed by atoms with Crippen molar-refractivity contribution in [2.75, 3.05) is 18.1 Å². The number of thioether (sulfide) groups is 1. The maximum Gasteiger partial charge on any atom is 0.389 e. The molecule has 0 fully saturated rings. The van der Waals surface area contributed by atoms with Gasteiger partial charge in [-0.2, -0.15) is 24.9 Å². The van der Waals surface area contributed by atoms with E-state index in [1.807, 2.05) is 0 Å². The van der Waals surface area contributed by atoms with Crippen LogP contribution in [0.2, 0.25) is 0 Å². The molecule has 0 aromatic heterocycles. The Balaban J connectivity index is 3.06. The Morgan fingerprint density at radius 2 is 1.67 bits per heavy atom. The van der Waals surface area contributed by atoms with Crippen LogP contribution in [0.4, 0.5) is 13.2 Å². The molecule has 0 rings (SSSR count). The average Bonchev–Trinajstić information content (AvgIpc) is 2.24. The lowest BCUT2D eigenvalue weighted by Gasteiger charge is -2.05. The summed E-state index contributed by atoms with van der Waals surface area (Å²) in [5, 5.41) is 0. The molecule has 0 aliphatic carbocycles. The Hall–Kier alpha value is -0.390. The lowest BCUT2D eigenvalue weighted by atomic mass is 10.1. The van der Waals surface area contributed by atoms with E-state index in [2.05, 4.69) is 0 Å². The molecule has 0 spiro atoms. The summed E-state index contributed by atoms with van der Waals surface area (Å²) in [6.07, 6.45) is -1.15. The molecular formula is C12H21F3O2S. The molecule has 0 aliphatic heterocycles. The first-order valence-electron chi connectivity index (χ1n) is 6.19. The Morgan fingerprint density at radius 3 is 2.28 bits per heavy atom. The molecule has 0 saturated heterocycles. The van der Waals surface area contributed by atoms with Gasteiger partial charge in [-0.05, 0) is 30.8 Å². The van der Waals surface area contributed by atoms with Crippen LogP contribution in [-0.4, -0.2) is 30.3 Å². The van der Waals surface area contributed by atoms with Gasteiger partial charge in [-0.15, -0.1) is 0 Å². The summed E-state index contributed by atoms with van der Waals surface area (Å²) in [5.41, 5.74) is 0. The Kier molecular flexibility index (Phi) is 10.3. The topological polar surface area (TPSA) is 26.3 Å². The first-order valence-corrected chi connectivity index (χ1v) is 7.35. The predicted octanol–water partition coefficient (Wildman–Crippen LogP) is 4.19. The normalized spacial score (nSPS) is 11.6. The van der Waals surface area contributed by atoms with Crippen molar-refractivity contribution < 1.29 is 22.7 Å². The van der Waals surface area contributed by atoms with Gasteiger partial charge in [-0.3, -0.25) is 4.79 Å². The quantitative estimate of drug-likeness (QED) is 0.445. The van der Waals surface area contributed by atoms with Crippen molar-refractivity contribution in [1.82, 2.24) is 0 Å². The van der Waals surface area contributed by atoms with Crippen molar-refractivity contribution in [3.8, 4) is 0 Å². The van der Waals surface area contributed by atoms with Crippen LogP contribution in [0.25, 0.3) is 0 Å². The highest BCUT2D eigenvalue weighted by Gasteiger charge is 2.25. The van der Waals surface area contributed by atoms with E-state index in [0.29, 0.717) is 13.0 Å². The molecule has 0 aliphatic rings. The number of rotatable bonds is 10. The third-order valence-corrected chi connectivity index (χ3v) is 3.39. The molecule has 0 bridgehead atoms. The van der Waals surface area contributed by atoms with Crippen molar-refractivity contribution in [3.05, 3.63) is 0 Å². The summed E-state index contributed by atoms with van der Waals surface area (Å²) in [6, 6.07) is 0. The fraction of sp³-hybridized carbons (Fsp3) is 0.917. The highest BCUT2D eigenvalue weighted by atomic mass is 32.2. The van der Waals surface area contributed by atoms with Crippen molar-refractivity contribution in [1.29, 1.82) is 0 Å². The number of ether oxygens (including phenoxy) is 1. The molecule has 18 heavy (non-hydrogen) atoms. The number of unbranched alkanes of at least 4 members (excludes halogenated alkanes) is 3. The van der Waals surface area contributed by atoms with E-state index in [1.165, 1.54) is 6.92 Å². The van der Waals surface area contributed by atoms with Gasteiger partial charge in [-0.1, -0.05) is 12.8 Å². The van der Waals surface area contributed by atoms with Crippen LogP contribution in [-0.2, 0) is 9.53 Å². The summed E-state index contributed by atoms with van der Waals surface area (Å²) in [6.45, 7) is 1.84. The molecule has 108 valence electrons. The molecule has 0 amide bonds. The minimum absolute atomic E-state index is 0.237. The van der Waals surface area contributed by atoms with Gasteiger partial charge in [-0.25, -0.2) is 0 Å². The molecule has 0 radical (unpaired) electrons. The Morgan fingerprint density at radius 1 is 1.06 bits per heavy atom.